The minimum Gasteiger partial charge on any atom is -0.381 e. The van der Waals surface area contributed by atoms with E-state index in [0.717, 1.165) is 54.5 Å². The highest BCUT2D eigenvalue weighted by Gasteiger charge is 2.41. The lowest BCUT2D eigenvalue weighted by molar-refractivity contribution is -0.142. The van der Waals surface area contributed by atoms with Gasteiger partial charge in [0.05, 0.1) is 5.60 Å². The molecule has 1 aromatic rings. The number of carbonyl (C=O) groups excluding carboxylic acids is 1. The van der Waals surface area contributed by atoms with Crippen LogP contribution in [0.25, 0.3) is 0 Å². The number of aryl methyl sites for hydroxylation is 1. The number of rotatable bonds is 2. The molecule has 2 saturated heterocycles. The molecule has 3 nitrogen and oxygen atoms in total. The Kier molecular flexibility index (Phi) is 4.48. The van der Waals surface area contributed by atoms with E-state index in [-0.39, 0.29) is 17.3 Å². The van der Waals surface area contributed by atoms with Gasteiger partial charge in [-0.2, -0.15) is 0 Å². The van der Waals surface area contributed by atoms with Crippen LogP contribution in [0, 0.1) is 12.8 Å². The monoisotopic (exact) mass is 352 g/mol. The van der Waals surface area contributed by atoms with Crippen LogP contribution in [-0.4, -0.2) is 31.2 Å². The van der Waals surface area contributed by atoms with Gasteiger partial charge >= 0.3 is 0 Å². The molecule has 21 heavy (non-hydrogen) atoms. The molecule has 1 aromatic carbocycles. The van der Waals surface area contributed by atoms with Crippen LogP contribution in [0.15, 0.2) is 22.7 Å². The van der Waals surface area contributed by atoms with Gasteiger partial charge in [0.1, 0.15) is 0 Å². The summed E-state index contributed by atoms with van der Waals surface area (Å²) in [6, 6.07) is 5.90. The number of Topliss-reactive ketones (excluding diaryl/α,β-unsaturated/α-hetero) is 1. The van der Waals surface area contributed by atoms with E-state index in [1.165, 1.54) is 0 Å². The van der Waals surface area contributed by atoms with Gasteiger partial charge in [-0.05, 0) is 50.3 Å². The van der Waals surface area contributed by atoms with E-state index in [0.29, 0.717) is 6.61 Å². The smallest absolute Gasteiger partial charge is 0.166 e. The van der Waals surface area contributed by atoms with Crippen molar-refractivity contribution in [3.05, 3.63) is 33.8 Å². The topological polar surface area (TPSA) is 35.5 Å². The van der Waals surface area contributed by atoms with Crippen molar-refractivity contribution >= 4 is 21.7 Å². The van der Waals surface area contributed by atoms with Crippen LogP contribution in [0.4, 0.5) is 0 Å². The first kappa shape index (κ1) is 15.2. The van der Waals surface area contributed by atoms with Crippen molar-refractivity contribution < 1.29 is 14.3 Å². The standard InChI is InChI=1S/C17H21BrO3/c1-12-10-14(18)2-3-15(12)16(19)13-4-7-21-17(11-13)5-8-20-9-6-17/h2-3,10,13H,4-9,11H2,1H3. The minimum atomic E-state index is -0.125. The zero-order valence-corrected chi connectivity index (χ0v) is 13.9. The largest absolute Gasteiger partial charge is 0.381 e. The number of ketones is 1. The first-order valence-corrected chi connectivity index (χ1v) is 8.41. The second-order valence-corrected chi connectivity index (χ2v) is 7.07. The van der Waals surface area contributed by atoms with Crippen LogP contribution in [-0.2, 0) is 9.47 Å². The lowest BCUT2D eigenvalue weighted by Gasteiger charge is -2.43. The van der Waals surface area contributed by atoms with E-state index in [1.807, 2.05) is 25.1 Å². The van der Waals surface area contributed by atoms with Gasteiger partial charge in [0, 0.05) is 35.8 Å². The summed E-state index contributed by atoms with van der Waals surface area (Å²) in [6.07, 6.45) is 3.49. The van der Waals surface area contributed by atoms with Gasteiger partial charge in [-0.25, -0.2) is 0 Å². The minimum absolute atomic E-state index is 0.0803. The van der Waals surface area contributed by atoms with E-state index in [9.17, 15) is 4.79 Å². The maximum absolute atomic E-state index is 12.9. The molecule has 114 valence electrons. The maximum Gasteiger partial charge on any atom is 0.166 e. The predicted octanol–water partition coefficient (Wildman–Crippen LogP) is 3.92. The molecule has 1 unspecified atom stereocenters. The summed E-state index contributed by atoms with van der Waals surface area (Å²) in [5.74, 6) is 0.353. The molecule has 1 spiro atoms. The fraction of sp³-hybridized carbons (Fsp3) is 0.588. The Morgan fingerprint density at radius 2 is 2.05 bits per heavy atom. The van der Waals surface area contributed by atoms with Gasteiger partial charge in [-0.1, -0.05) is 22.0 Å². The van der Waals surface area contributed by atoms with Gasteiger partial charge in [-0.3, -0.25) is 4.79 Å². The summed E-state index contributed by atoms with van der Waals surface area (Å²) in [7, 11) is 0. The van der Waals surface area contributed by atoms with Crippen LogP contribution < -0.4 is 0 Å². The molecular formula is C17H21BrO3. The highest BCUT2D eigenvalue weighted by atomic mass is 79.9. The molecular weight excluding hydrogens is 332 g/mol. The third kappa shape index (κ3) is 3.22. The third-order valence-electron chi connectivity index (χ3n) is 4.72. The second kappa shape index (κ2) is 6.19. The van der Waals surface area contributed by atoms with Crippen LogP contribution in [0.5, 0.6) is 0 Å². The Labute approximate surface area is 134 Å². The van der Waals surface area contributed by atoms with Crippen molar-refractivity contribution in [1.82, 2.24) is 0 Å². The van der Waals surface area contributed by atoms with Crippen LogP contribution >= 0.6 is 15.9 Å². The lowest BCUT2D eigenvalue weighted by atomic mass is 9.77. The van der Waals surface area contributed by atoms with Crippen LogP contribution in [0.3, 0.4) is 0 Å². The summed E-state index contributed by atoms with van der Waals surface area (Å²) < 4.78 is 12.5. The SMILES string of the molecule is Cc1cc(Br)ccc1C(=O)C1CCOC2(CCOCC2)C1. The molecule has 4 heteroatoms. The normalized spacial score (nSPS) is 25.0. The summed E-state index contributed by atoms with van der Waals surface area (Å²) in [6.45, 7) is 4.18. The molecule has 0 aliphatic carbocycles. The highest BCUT2D eigenvalue weighted by molar-refractivity contribution is 9.10. The third-order valence-corrected chi connectivity index (χ3v) is 5.21. The predicted molar refractivity (Wildman–Crippen MR) is 84.7 cm³/mol. The zero-order valence-electron chi connectivity index (χ0n) is 12.4. The van der Waals surface area contributed by atoms with Crippen molar-refractivity contribution in [3.8, 4) is 0 Å². The fourth-order valence-corrected chi connectivity index (χ4v) is 3.94. The van der Waals surface area contributed by atoms with Crippen molar-refractivity contribution in [3.63, 3.8) is 0 Å². The molecule has 2 aliphatic heterocycles. The van der Waals surface area contributed by atoms with Gasteiger partial charge in [-0.15, -0.1) is 0 Å². The molecule has 2 aliphatic rings. The number of benzene rings is 1. The zero-order chi connectivity index (χ0) is 14.9. The van der Waals surface area contributed by atoms with Crippen molar-refractivity contribution in [2.45, 2.75) is 38.2 Å². The number of hydrogen-bond donors (Lipinski definition) is 0. The van der Waals surface area contributed by atoms with E-state index in [2.05, 4.69) is 15.9 Å². The Balaban J connectivity index is 1.77. The van der Waals surface area contributed by atoms with Crippen molar-refractivity contribution in [2.75, 3.05) is 19.8 Å². The van der Waals surface area contributed by atoms with Crippen molar-refractivity contribution in [2.24, 2.45) is 5.92 Å². The fourth-order valence-electron chi connectivity index (χ4n) is 3.47. The number of hydrogen-bond acceptors (Lipinski definition) is 3. The average molecular weight is 353 g/mol. The quantitative estimate of drug-likeness (QED) is 0.756. The van der Waals surface area contributed by atoms with E-state index in [1.54, 1.807) is 0 Å². The van der Waals surface area contributed by atoms with Crippen LogP contribution in [0.1, 0.15) is 41.6 Å². The Bertz CT molecular complexity index is 529. The Morgan fingerprint density at radius 3 is 2.76 bits per heavy atom. The molecule has 0 N–H and O–H groups in total. The molecule has 0 saturated carbocycles. The molecule has 1 atom stereocenters. The molecule has 0 radical (unpaired) electrons. The first-order chi connectivity index (χ1) is 10.1. The number of carbonyl (C=O) groups is 1. The number of halogens is 1. The Hall–Kier alpha value is -0.710. The van der Waals surface area contributed by atoms with E-state index < -0.39 is 0 Å². The first-order valence-electron chi connectivity index (χ1n) is 7.62. The van der Waals surface area contributed by atoms with Gasteiger partial charge in [0.15, 0.2) is 5.78 Å². The summed E-state index contributed by atoms with van der Waals surface area (Å²) in [5, 5.41) is 0. The Morgan fingerprint density at radius 1 is 1.29 bits per heavy atom. The van der Waals surface area contributed by atoms with Gasteiger partial charge < -0.3 is 9.47 Å². The summed E-state index contributed by atoms with van der Waals surface area (Å²) in [4.78, 5) is 12.9. The molecule has 2 fully saturated rings. The maximum atomic E-state index is 12.9. The summed E-state index contributed by atoms with van der Waals surface area (Å²) >= 11 is 3.45. The lowest BCUT2D eigenvalue weighted by Crippen LogP contribution is -2.46. The number of ether oxygens (including phenoxy) is 2. The highest BCUT2D eigenvalue weighted by Crippen LogP contribution is 2.38. The molecule has 2 heterocycles. The average Bonchev–Trinajstić information content (AvgIpc) is 2.47. The summed E-state index contributed by atoms with van der Waals surface area (Å²) in [5.41, 5.74) is 1.77. The van der Waals surface area contributed by atoms with Gasteiger partial charge in [0.2, 0.25) is 0 Å². The molecule has 0 bridgehead atoms. The molecule has 0 aromatic heterocycles. The van der Waals surface area contributed by atoms with Gasteiger partial charge in [0.25, 0.3) is 0 Å². The second-order valence-electron chi connectivity index (χ2n) is 6.16. The molecule has 0 amide bonds. The molecule has 3 rings (SSSR count). The van der Waals surface area contributed by atoms with E-state index in [4.69, 9.17) is 9.47 Å². The van der Waals surface area contributed by atoms with Crippen molar-refractivity contribution in [1.29, 1.82) is 0 Å². The van der Waals surface area contributed by atoms with Crippen LogP contribution in [0.2, 0.25) is 0 Å². The van der Waals surface area contributed by atoms with E-state index >= 15 is 0 Å².